The Labute approximate surface area is 124 Å². The van der Waals surface area contributed by atoms with Crippen LogP contribution in [0.4, 0.5) is 14.9 Å². The normalized spacial score (nSPS) is 17.7. The summed E-state index contributed by atoms with van der Waals surface area (Å²) < 4.78 is 20.5. The van der Waals surface area contributed by atoms with Crippen LogP contribution >= 0.6 is 0 Å². The van der Waals surface area contributed by atoms with Gasteiger partial charge in [0.2, 0.25) is 0 Å². The summed E-state index contributed by atoms with van der Waals surface area (Å²) in [6.45, 7) is 0.581. The Morgan fingerprint density at radius 1 is 1.45 bits per heavy atom. The number of hydrogen-bond donors (Lipinski definition) is 2. The maximum atomic E-state index is 13.8. The molecule has 2 aromatic rings. The van der Waals surface area contributed by atoms with E-state index in [0.717, 1.165) is 6.07 Å². The molecule has 8 nitrogen and oxygen atoms in total. The number of benzene rings is 1. The predicted molar refractivity (Wildman–Crippen MR) is 73.9 cm³/mol. The van der Waals surface area contributed by atoms with Crippen molar-refractivity contribution in [1.29, 1.82) is 0 Å². The molecule has 1 amide bonds. The van der Waals surface area contributed by atoms with Crippen molar-refractivity contribution in [3.05, 3.63) is 36.4 Å². The van der Waals surface area contributed by atoms with Gasteiger partial charge in [-0.15, -0.1) is 5.10 Å². The van der Waals surface area contributed by atoms with Gasteiger partial charge in [-0.25, -0.2) is 13.9 Å². The molecule has 3 rings (SSSR count). The van der Waals surface area contributed by atoms with Crippen LogP contribution in [0.2, 0.25) is 0 Å². The summed E-state index contributed by atoms with van der Waals surface area (Å²) in [6, 6.07) is 3.71. The fourth-order valence-corrected chi connectivity index (χ4v) is 2.26. The van der Waals surface area contributed by atoms with E-state index < -0.39 is 25.1 Å². The van der Waals surface area contributed by atoms with Gasteiger partial charge < -0.3 is 14.8 Å². The number of hydrogen-bond acceptors (Lipinski definition) is 6. The molecule has 0 radical (unpaired) electrons. The highest BCUT2D eigenvalue weighted by molar-refractivity contribution is 6.58. The van der Waals surface area contributed by atoms with Crippen LogP contribution in [-0.4, -0.2) is 50.9 Å². The van der Waals surface area contributed by atoms with E-state index in [1.807, 2.05) is 0 Å². The van der Waals surface area contributed by atoms with E-state index in [-0.39, 0.29) is 17.7 Å². The summed E-state index contributed by atoms with van der Waals surface area (Å²) in [5, 5.41) is 25.4. The molecule has 10 heteroatoms. The third-order valence-electron chi connectivity index (χ3n) is 3.31. The van der Waals surface area contributed by atoms with E-state index in [0.29, 0.717) is 6.54 Å². The van der Waals surface area contributed by atoms with Crippen LogP contribution < -0.4 is 10.4 Å². The Bertz CT molecular complexity index is 682. The van der Waals surface area contributed by atoms with Crippen molar-refractivity contribution in [2.75, 3.05) is 11.4 Å². The first kappa shape index (κ1) is 14.5. The van der Waals surface area contributed by atoms with Gasteiger partial charge in [0, 0.05) is 11.7 Å². The summed E-state index contributed by atoms with van der Waals surface area (Å²) in [7, 11) is -1.90. The number of halogens is 1. The number of rotatable bonds is 4. The fraction of sp³-hybridized carbons (Fsp3) is 0.250. The molecule has 2 heterocycles. The molecule has 114 valence electrons. The fourth-order valence-electron chi connectivity index (χ4n) is 2.26. The monoisotopic (exact) mass is 306 g/mol. The maximum Gasteiger partial charge on any atom is 0.491 e. The lowest BCUT2D eigenvalue weighted by molar-refractivity contribution is 0.129. The molecule has 1 aliphatic heterocycles. The molecule has 0 aliphatic carbocycles. The second-order valence-corrected chi connectivity index (χ2v) is 4.82. The molecule has 0 spiro atoms. The van der Waals surface area contributed by atoms with Crippen LogP contribution in [0.15, 0.2) is 30.6 Å². The van der Waals surface area contributed by atoms with Gasteiger partial charge in [-0.05, 0) is 12.1 Å². The largest absolute Gasteiger partial charge is 0.491 e. The number of nitrogens with zero attached hydrogens (tertiary/aromatic N) is 4. The van der Waals surface area contributed by atoms with Crippen LogP contribution in [0.3, 0.4) is 0 Å². The van der Waals surface area contributed by atoms with Crippen molar-refractivity contribution < 1.29 is 24.0 Å². The first-order valence-electron chi connectivity index (χ1n) is 6.52. The molecule has 1 aromatic carbocycles. The Balaban J connectivity index is 1.75. The first-order chi connectivity index (χ1) is 10.5. The molecular formula is C12H12BFN4O4. The highest BCUT2D eigenvalue weighted by atomic mass is 19.1. The number of cyclic esters (lactones) is 1. The number of ether oxygens (including phenoxy) is 1. The maximum absolute atomic E-state index is 13.8. The minimum absolute atomic E-state index is 0.235. The summed E-state index contributed by atoms with van der Waals surface area (Å²) in [4.78, 5) is 13.2. The molecule has 2 N–H and O–H groups in total. The van der Waals surface area contributed by atoms with E-state index in [1.54, 1.807) is 6.20 Å². The SMILES string of the molecule is O=C1O[C@@H](Cn2ccnn2)CN1c1ccc(B(O)O)c(F)c1. The average Bonchev–Trinajstić information content (AvgIpc) is 3.08. The second kappa shape index (κ2) is 5.74. The standard InChI is InChI=1S/C12H12BFN4O4/c14-11-5-8(1-2-10(11)13(20)21)18-7-9(22-12(18)19)6-17-4-3-15-16-17/h1-5,9,20-21H,6-7H2/t9-/m0/s1. The van der Waals surface area contributed by atoms with Gasteiger partial charge in [-0.1, -0.05) is 11.3 Å². The molecule has 1 aromatic heterocycles. The van der Waals surface area contributed by atoms with Gasteiger partial charge in [0.15, 0.2) is 0 Å². The molecule has 1 fully saturated rings. The number of carbonyl (C=O) groups is 1. The lowest BCUT2D eigenvalue weighted by Gasteiger charge is -2.14. The average molecular weight is 306 g/mol. The van der Waals surface area contributed by atoms with Crippen LogP contribution in [0, 0.1) is 5.82 Å². The predicted octanol–water partition coefficient (Wildman–Crippen LogP) is -0.878. The summed E-state index contributed by atoms with van der Waals surface area (Å²) in [6.07, 6.45) is 2.14. The number of amides is 1. The Hall–Kier alpha value is -2.46. The van der Waals surface area contributed by atoms with Gasteiger partial charge in [-0.2, -0.15) is 0 Å². The van der Waals surface area contributed by atoms with Crippen molar-refractivity contribution in [3.63, 3.8) is 0 Å². The third kappa shape index (κ3) is 2.78. The van der Waals surface area contributed by atoms with Crippen LogP contribution in [-0.2, 0) is 11.3 Å². The van der Waals surface area contributed by atoms with Gasteiger partial charge >= 0.3 is 13.2 Å². The molecule has 1 aliphatic rings. The van der Waals surface area contributed by atoms with Gasteiger partial charge in [-0.3, -0.25) is 4.90 Å². The van der Waals surface area contributed by atoms with Crippen molar-refractivity contribution >= 4 is 24.4 Å². The van der Waals surface area contributed by atoms with Crippen LogP contribution in [0.25, 0.3) is 0 Å². The minimum Gasteiger partial charge on any atom is -0.442 e. The van der Waals surface area contributed by atoms with E-state index in [9.17, 15) is 9.18 Å². The van der Waals surface area contributed by atoms with Crippen molar-refractivity contribution in [2.24, 2.45) is 0 Å². The van der Waals surface area contributed by atoms with E-state index >= 15 is 0 Å². The minimum atomic E-state index is -1.90. The van der Waals surface area contributed by atoms with Crippen molar-refractivity contribution in [1.82, 2.24) is 15.0 Å². The second-order valence-electron chi connectivity index (χ2n) is 4.82. The lowest BCUT2D eigenvalue weighted by atomic mass is 9.80. The zero-order valence-electron chi connectivity index (χ0n) is 11.3. The van der Waals surface area contributed by atoms with E-state index in [1.165, 1.54) is 27.9 Å². The highest BCUT2D eigenvalue weighted by Crippen LogP contribution is 2.22. The topological polar surface area (TPSA) is 101 Å². The molecule has 0 bridgehead atoms. The number of anilines is 1. The first-order valence-corrected chi connectivity index (χ1v) is 6.52. The summed E-state index contributed by atoms with van der Waals surface area (Å²) >= 11 is 0. The van der Waals surface area contributed by atoms with Gasteiger partial charge in [0.1, 0.15) is 11.9 Å². The van der Waals surface area contributed by atoms with Gasteiger partial charge in [0.25, 0.3) is 0 Å². The van der Waals surface area contributed by atoms with Gasteiger partial charge in [0.05, 0.1) is 25.0 Å². The Morgan fingerprint density at radius 2 is 2.27 bits per heavy atom. The highest BCUT2D eigenvalue weighted by Gasteiger charge is 2.33. The van der Waals surface area contributed by atoms with Crippen molar-refractivity contribution in [3.8, 4) is 0 Å². The summed E-state index contributed by atoms with van der Waals surface area (Å²) in [5.74, 6) is -0.806. The molecule has 0 unspecified atom stereocenters. The molecule has 1 atom stereocenters. The zero-order valence-corrected chi connectivity index (χ0v) is 11.3. The zero-order chi connectivity index (χ0) is 15.7. The molecular weight excluding hydrogens is 294 g/mol. The summed E-state index contributed by atoms with van der Waals surface area (Å²) in [5.41, 5.74) is 0.0310. The quantitative estimate of drug-likeness (QED) is 0.712. The van der Waals surface area contributed by atoms with E-state index in [2.05, 4.69) is 10.3 Å². The van der Waals surface area contributed by atoms with Crippen molar-refractivity contribution in [2.45, 2.75) is 12.6 Å². The Morgan fingerprint density at radius 3 is 2.91 bits per heavy atom. The third-order valence-corrected chi connectivity index (χ3v) is 3.31. The number of aromatic nitrogens is 3. The Kier molecular flexibility index (Phi) is 3.78. The smallest absolute Gasteiger partial charge is 0.442 e. The molecule has 0 saturated carbocycles. The molecule has 22 heavy (non-hydrogen) atoms. The van der Waals surface area contributed by atoms with E-state index in [4.69, 9.17) is 14.8 Å². The van der Waals surface area contributed by atoms with Crippen LogP contribution in [0.1, 0.15) is 0 Å². The molecule has 1 saturated heterocycles. The lowest BCUT2D eigenvalue weighted by Crippen LogP contribution is -2.33. The van der Waals surface area contributed by atoms with Crippen LogP contribution in [0.5, 0.6) is 0 Å². The number of carbonyl (C=O) groups excluding carboxylic acids is 1.